The lowest BCUT2D eigenvalue weighted by molar-refractivity contribution is 0.0835. The second kappa shape index (κ2) is 5.10. The fourth-order valence-electron chi connectivity index (χ4n) is 1.88. The summed E-state index contributed by atoms with van der Waals surface area (Å²) in [4.78, 5) is 9.10. The highest BCUT2D eigenvalue weighted by Crippen LogP contribution is 2.29. The third kappa shape index (κ3) is 2.35. The predicted molar refractivity (Wildman–Crippen MR) is 66.8 cm³/mol. The summed E-state index contributed by atoms with van der Waals surface area (Å²) in [7, 11) is 1.88. The number of aromatic nitrogens is 2. The summed E-state index contributed by atoms with van der Waals surface area (Å²) in [6.45, 7) is 3.63. The van der Waals surface area contributed by atoms with Gasteiger partial charge in [0.05, 0.1) is 10.2 Å². The van der Waals surface area contributed by atoms with Crippen LogP contribution < -0.4 is 5.32 Å². The molecule has 0 spiro atoms. The smallest absolute Gasteiger partial charge is 0.144 e. The molecule has 1 saturated heterocycles. The molecule has 2 heterocycles. The van der Waals surface area contributed by atoms with Crippen LogP contribution in [-0.2, 0) is 4.74 Å². The molecule has 5 heteroatoms. The minimum Gasteiger partial charge on any atom is -0.381 e. The Labute approximate surface area is 104 Å². The monoisotopic (exact) mass is 285 g/mol. The maximum atomic E-state index is 5.35. The summed E-state index contributed by atoms with van der Waals surface area (Å²) in [5.74, 6) is 2.25. The zero-order valence-corrected chi connectivity index (χ0v) is 11.2. The van der Waals surface area contributed by atoms with E-state index >= 15 is 0 Å². The average molecular weight is 286 g/mol. The molecule has 4 nitrogen and oxygen atoms in total. The first-order chi connectivity index (χ1) is 7.72. The third-order valence-corrected chi connectivity index (χ3v) is 3.81. The van der Waals surface area contributed by atoms with Crippen LogP contribution in [0.1, 0.15) is 30.3 Å². The molecule has 1 aromatic rings. The number of hydrogen-bond acceptors (Lipinski definition) is 4. The van der Waals surface area contributed by atoms with Crippen LogP contribution in [0.4, 0.5) is 5.82 Å². The van der Waals surface area contributed by atoms with E-state index in [1.54, 1.807) is 0 Å². The molecule has 0 amide bonds. The first-order valence-corrected chi connectivity index (χ1v) is 6.31. The lowest BCUT2D eigenvalue weighted by Crippen LogP contribution is -2.17. The predicted octanol–water partition coefficient (Wildman–Crippen LogP) is 2.48. The van der Waals surface area contributed by atoms with Crippen molar-refractivity contribution in [2.75, 3.05) is 25.6 Å². The molecule has 0 bridgehead atoms. The number of hydrogen-bond donors (Lipinski definition) is 1. The SMILES string of the molecule is CNc1nc(C2CCOCC2)nc(C)c1Br. The van der Waals surface area contributed by atoms with Crippen molar-refractivity contribution in [1.82, 2.24) is 9.97 Å². The molecule has 0 atom stereocenters. The molecule has 0 aliphatic carbocycles. The molecule has 1 fully saturated rings. The Balaban J connectivity index is 2.29. The fourth-order valence-corrected chi connectivity index (χ4v) is 2.26. The Morgan fingerprint density at radius 1 is 1.31 bits per heavy atom. The van der Waals surface area contributed by atoms with E-state index in [0.29, 0.717) is 5.92 Å². The van der Waals surface area contributed by atoms with Crippen molar-refractivity contribution in [2.45, 2.75) is 25.7 Å². The van der Waals surface area contributed by atoms with Crippen molar-refractivity contribution in [1.29, 1.82) is 0 Å². The standard InChI is InChI=1S/C11H16BrN3O/c1-7-9(12)11(13-2)15-10(14-7)8-3-5-16-6-4-8/h8H,3-6H2,1-2H3,(H,13,14,15). The first-order valence-electron chi connectivity index (χ1n) is 5.52. The highest BCUT2D eigenvalue weighted by Gasteiger charge is 2.20. The molecule has 1 aromatic heterocycles. The molecular formula is C11H16BrN3O. The van der Waals surface area contributed by atoms with Gasteiger partial charge in [-0.3, -0.25) is 0 Å². The zero-order chi connectivity index (χ0) is 11.5. The summed E-state index contributed by atoms with van der Waals surface area (Å²) in [5, 5.41) is 3.09. The number of aryl methyl sites for hydroxylation is 1. The van der Waals surface area contributed by atoms with Gasteiger partial charge in [0.1, 0.15) is 11.6 Å². The van der Waals surface area contributed by atoms with E-state index in [2.05, 4.69) is 31.2 Å². The lowest BCUT2D eigenvalue weighted by Gasteiger charge is -2.21. The molecule has 0 radical (unpaired) electrons. The highest BCUT2D eigenvalue weighted by molar-refractivity contribution is 9.10. The minimum atomic E-state index is 0.438. The van der Waals surface area contributed by atoms with Crippen LogP contribution in [0.25, 0.3) is 0 Å². The number of nitrogens with zero attached hydrogens (tertiary/aromatic N) is 2. The summed E-state index contributed by atoms with van der Waals surface area (Å²) in [6, 6.07) is 0. The molecule has 0 saturated carbocycles. The van der Waals surface area contributed by atoms with Crippen LogP contribution in [0.5, 0.6) is 0 Å². The number of anilines is 1. The van der Waals surface area contributed by atoms with Crippen LogP contribution in [0.2, 0.25) is 0 Å². The van der Waals surface area contributed by atoms with Gasteiger partial charge in [0.15, 0.2) is 0 Å². The Kier molecular flexibility index (Phi) is 3.76. The van der Waals surface area contributed by atoms with Gasteiger partial charge in [0.25, 0.3) is 0 Å². The molecule has 0 aromatic carbocycles. The van der Waals surface area contributed by atoms with Crippen molar-refractivity contribution in [3.8, 4) is 0 Å². The van der Waals surface area contributed by atoms with Crippen molar-refractivity contribution in [3.05, 3.63) is 16.0 Å². The minimum absolute atomic E-state index is 0.438. The van der Waals surface area contributed by atoms with Gasteiger partial charge in [-0.05, 0) is 35.7 Å². The Bertz CT molecular complexity index is 378. The lowest BCUT2D eigenvalue weighted by atomic mass is 9.99. The topological polar surface area (TPSA) is 47.0 Å². The number of ether oxygens (including phenoxy) is 1. The summed E-state index contributed by atoms with van der Waals surface area (Å²) in [6.07, 6.45) is 2.04. The van der Waals surface area contributed by atoms with Gasteiger partial charge in [-0.15, -0.1) is 0 Å². The molecule has 16 heavy (non-hydrogen) atoms. The first kappa shape index (κ1) is 11.8. The highest BCUT2D eigenvalue weighted by atomic mass is 79.9. The molecule has 88 valence electrons. The Morgan fingerprint density at radius 2 is 2.00 bits per heavy atom. The van der Waals surface area contributed by atoms with Crippen LogP contribution >= 0.6 is 15.9 Å². The van der Waals surface area contributed by atoms with Crippen molar-refractivity contribution < 1.29 is 4.74 Å². The largest absolute Gasteiger partial charge is 0.381 e. The quantitative estimate of drug-likeness (QED) is 0.907. The van der Waals surface area contributed by atoms with E-state index in [0.717, 1.165) is 47.9 Å². The molecule has 2 rings (SSSR count). The van der Waals surface area contributed by atoms with Gasteiger partial charge in [-0.25, -0.2) is 9.97 Å². The fraction of sp³-hybridized carbons (Fsp3) is 0.636. The van der Waals surface area contributed by atoms with E-state index in [9.17, 15) is 0 Å². The third-order valence-electron chi connectivity index (χ3n) is 2.86. The Hall–Kier alpha value is -0.680. The summed E-state index contributed by atoms with van der Waals surface area (Å²) < 4.78 is 6.30. The second-order valence-corrected chi connectivity index (χ2v) is 4.76. The normalized spacial score (nSPS) is 17.4. The van der Waals surface area contributed by atoms with Crippen LogP contribution in [0.15, 0.2) is 4.47 Å². The second-order valence-electron chi connectivity index (χ2n) is 3.97. The van der Waals surface area contributed by atoms with E-state index in [-0.39, 0.29) is 0 Å². The molecule has 1 N–H and O–H groups in total. The van der Waals surface area contributed by atoms with Crippen LogP contribution in [0.3, 0.4) is 0 Å². The van der Waals surface area contributed by atoms with E-state index in [4.69, 9.17) is 4.74 Å². The molecule has 1 aliphatic rings. The van der Waals surface area contributed by atoms with Crippen molar-refractivity contribution in [3.63, 3.8) is 0 Å². The number of halogens is 1. The molecular weight excluding hydrogens is 270 g/mol. The maximum absolute atomic E-state index is 5.35. The van der Waals surface area contributed by atoms with Gasteiger partial charge in [0, 0.05) is 26.2 Å². The molecule has 0 unspecified atom stereocenters. The summed E-state index contributed by atoms with van der Waals surface area (Å²) >= 11 is 3.49. The van der Waals surface area contributed by atoms with Gasteiger partial charge < -0.3 is 10.1 Å². The Morgan fingerprint density at radius 3 is 2.62 bits per heavy atom. The number of rotatable bonds is 2. The number of nitrogens with one attached hydrogen (secondary N) is 1. The maximum Gasteiger partial charge on any atom is 0.144 e. The zero-order valence-electron chi connectivity index (χ0n) is 9.59. The van der Waals surface area contributed by atoms with Gasteiger partial charge in [0.2, 0.25) is 0 Å². The average Bonchev–Trinajstić information content (AvgIpc) is 2.33. The van der Waals surface area contributed by atoms with Crippen LogP contribution in [0, 0.1) is 6.92 Å². The van der Waals surface area contributed by atoms with Gasteiger partial charge in [-0.2, -0.15) is 0 Å². The van der Waals surface area contributed by atoms with Gasteiger partial charge in [-0.1, -0.05) is 0 Å². The summed E-state index contributed by atoms with van der Waals surface area (Å²) in [5.41, 5.74) is 0.987. The van der Waals surface area contributed by atoms with Crippen LogP contribution in [-0.4, -0.2) is 30.2 Å². The van der Waals surface area contributed by atoms with E-state index < -0.39 is 0 Å². The van der Waals surface area contributed by atoms with E-state index in [1.165, 1.54) is 0 Å². The van der Waals surface area contributed by atoms with Crippen molar-refractivity contribution in [2.24, 2.45) is 0 Å². The van der Waals surface area contributed by atoms with Crippen molar-refractivity contribution >= 4 is 21.7 Å². The van der Waals surface area contributed by atoms with E-state index in [1.807, 2.05) is 14.0 Å². The van der Waals surface area contributed by atoms with Gasteiger partial charge >= 0.3 is 0 Å². The molecule has 1 aliphatic heterocycles.